The Morgan fingerprint density at radius 3 is 2.47 bits per heavy atom. The summed E-state index contributed by atoms with van der Waals surface area (Å²) in [5.41, 5.74) is 6.99. The van der Waals surface area contributed by atoms with Crippen LogP contribution in [-0.2, 0) is 0 Å². The van der Waals surface area contributed by atoms with Crippen molar-refractivity contribution in [2.24, 2.45) is 11.7 Å². The van der Waals surface area contributed by atoms with E-state index in [1.54, 1.807) is 11.8 Å². The van der Waals surface area contributed by atoms with Gasteiger partial charge in [0.05, 0.1) is 6.10 Å². The van der Waals surface area contributed by atoms with E-state index in [9.17, 15) is 5.11 Å². The van der Waals surface area contributed by atoms with Crippen molar-refractivity contribution < 1.29 is 5.11 Å². The van der Waals surface area contributed by atoms with E-state index in [1.165, 1.54) is 30.6 Å². The lowest BCUT2D eigenvalue weighted by Gasteiger charge is -2.15. The van der Waals surface area contributed by atoms with E-state index in [0.29, 0.717) is 0 Å². The number of thioether (sulfide) groups is 1. The van der Waals surface area contributed by atoms with Gasteiger partial charge in [-0.25, -0.2) is 0 Å². The molecule has 1 aromatic rings. The second-order valence-electron chi connectivity index (χ2n) is 5.71. The van der Waals surface area contributed by atoms with Gasteiger partial charge in [-0.1, -0.05) is 37.8 Å². The first-order chi connectivity index (χ1) is 9.15. The Hall–Kier alpha value is -0.510. The molecule has 2 nitrogen and oxygen atoms in total. The average molecular weight is 279 g/mol. The first kappa shape index (κ1) is 14.9. The van der Waals surface area contributed by atoms with Crippen molar-refractivity contribution >= 4 is 11.8 Å². The summed E-state index contributed by atoms with van der Waals surface area (Å²) in [5, 5.41) is 10.1. The zero-order valence-electron chi connectivity index (χ0n) is 11.7. The van der Waals surface area contributed by atoms with Crippen molar-refractivity contribution in [2.75, 3.05) is 5.75 Å². The van der Waals surface area contributed by atoms with Crippen LogP contribution in [0.4, 0.5) is 0 Å². The van der Waals surface area contributed by atoms with Gasteiger partial charge in [-0.2, -0.15) is 0 Å². The minimum absolute atomic E-state index is 0.0898. The zero-order valence-corrected chi connectivity index (χ0v) is 12.5. The third-order valence-electron chi connectivity index (χ3n) is 3.93. The van der Waals surface area contributed by atoms with Crippen LogP contribution in [0.2, 0.25) is 0 Å². The van der Waals surface area contributed by atoms with Crippen molar-refractivity contribution in [3.63, 3.8) is 0 Å². The molecular formula is C16H25NOS. The van der Waals surface area contributed by atoms with Crippen LogP contribution >= 0.6 is 11.8 Å². The van der Waals surface area contributed by atoms with E-state index in [4.69, 9.17) is 5.73 Å². The van der Waals surface area contributed by atoms with Gasteiger partial charge in [0.25, 0.3) is 0 Å². The van der Waals surface area contributed by atoms with Crippen LogP contribution in [0.5, 0.6) is 0 Å². The highest BCUT2D eigenvalue weighted by Crippen LogP contribution is 2.30. The Balaban J connectivity index is 1.74. The molecule has 1 aliphatic rings. The Morgan fingerprint density at radius 2 is 1.89 bits per heavy atom. The Kier molecular flexibility index (Phi) is 5.74. The molecule has 0 heterocycles. The van der Waals surface area contributed by atoms with Crippen molar-refractivity contribution in [3.8, 4) is 0 Å². The summed E-state index contributed by atoms with van der Waals surface area (Å²) < 4.78 is 0. The normalized spacial score (nSPS) is 19.5. The first-order valence-corrected chi connectivity index (χ1v) is 8.30. The SMILES string of the molecule is CC(N)c1ccc(SCC(O)CC2CCCC2)cc1. The summed E-state index contributed by atoms with van der Waals surface area (Å²) in [6, 6.07) is 8.45. The van der Waals surface area contributed by atoms with E-state index in [-0.39, 0.29) is 12.1 Å². The summed E-state index contributed by atoms with van der Waals surface area (Å²) in [5.74, 6) is 1.56. The van der Waals surface area contributed by atoms with Gasteiger partial charge < -0.3 is 10.8 Å². The minimum atomic E-state index is -0.166. The molecule has 0 amide bonds. The molecule has 2 atom stereocenters. The quantitative estimate of drug-likeness (QED) is 0.780. The summed E-state index contributed by atoms with van der Waals surface area (Å²) in [6.07, 6.45) is 6.13. The third-order valence-corrected chi connectivity index (χ3v) is 5.09. The molecule has 2 unspecified atom stereocenters. The molecule has 1 fully saturated rings. The van der Waals surface area contributed by atoms with Gasteiger partial charge in [-0.05, 0) is 37.0 Å². The number of nitrogens with two attached hydrogens (primary N) is 1. The fraction of sp³-hybridized carbons (Fsp3) is 0.625. The predicted octanol–water partition coefficient (Wildman–Crippen LogP) is 3.74. The molecule has 2 rings (SSSR count). The Morgan fingerprint density at radius 1 is 1.26 bits per heavy atom. The summed E-state index contributed by atoms with van der Waals surface area (Å²) >= 11 is 1.74. The maximum atomic E-state index is 10.1. The van der Waals surface area contributed by atoms with E-state index >= 15 is 0 Å². The number of benzene rings is 1. The Bertz CT molecular complexity index is 371. The third kappa shape index (κ3) is 4.83. The van der Waals surface area contributed by atoms with Crippen molar-refractivity contribution in [2.45, 2.75) is 56.1 Å². The molecule has 0 spiro atoms. The number of aliphatic hydroxyl groups is 1. The monoisotopic (exact) mass is 279 g/mol. The maximum absolute atomic E-state index is 10.1. The lowest BCUT2D eigenvalue weighted by Crippen LogP contribution is -2.14. The first-order valence-electron chi connectivity index (χ1n) is 7.31. The smallest absolute Gasteiger partial charge is 0.0636 e. The van der Waals surface area contributed by atoms with Gasteiger partial charge in [0.2, 0.25) is 0 Å². The van der Waals surface area contributed by atoms with E-state index in [2.05, 4.69) is 24.3 Å². The van der Waals surface area contributed by atoms with Crippen molar-refractivity contribution in [1.82, 2.24) is 0 Å². The molecular weight excluding hydrogens is 254 g/mol. The standard InChI is InChI=1S/C16H25NOS/c1-12(17)14-6-8-16(9-7-14)19-11-15(18)10-13-4-2-3-5-13/h6-9,12-13,15,18H,2-5,10-11,17H2,1H3. The fourth-order valence-corrected chi connectivity index (χ4v) is 3.61. The highest BCUT2D eigenvalue weighted by Gasteiger charge is 2.18. The molecule has 0 aliphatic heterocycles. The van der Waals surface area contributed by atoms with Crippen LogP contribution in [0, 0.1) is 5.92 Å². The molecule has 3 heteroatoms. The van der Waals surface area contributed by atoms with Gasteiger partial charge in [-0.15, -0.1) is 11.8 Å². The average Bonchev–Trinajstić information content (AvgIpc) is 2.89. The fourth-order valence-electron chi connectivity index (χ4n) is 2.76. The van der Waals surface area contributed by atoms with Gasteiger partial charge in [-0.3, -0.25) is 0 Å². The lowest BCUT2D eigenvalue weighted by atomic mass is 10.0. The van der Waals surface area contributed by atoms with Crippen LogP contribution in [-0.4, -0.2) is 17.0 Å². The zero-order chi connectivity index (χ0) is 13.7. The van der Waals surface area contributed by atoms with Crippen molar-refractivity contribution in [1.29, 1.82) is 0 Å². The minimum Gasteiger partial charge on any atom is -0.392 e. The van der Waals surface area contributed by atoms with E-state index in [0.717, 1.165) is 23.7 Å². The van der Waals surface area contributed by atoms with Crippen LogP contribution < -0.4 is 5.73 Å². The van der Waals surface area contributed by atoms with Gasteiger partial charge in [0.15, 0.2) is 0 Å². The second kappa shape index (κ2) is 7.32. The van der Waals surface area contributed by atoms with Gasteiger partial charge in [0.1, 0.15) is 0 Å². The predicted molar refractivity (Wildman–Crippen MR) is 82.4 cm³/mol. The summed E-state index contributed by atoms with van der Waals surface area (Å²) in [4.78, 5) is 1.22. The maximum Gasteiger partial charge on any atom is 0.0636 e. The summed E-state index contributed by atoms with van der Waals surface area (Å²) in [6.45, 7) is 1.99. The van der Waals surface area contributed by atoms with E-state index < -0.39 is 0 Å². The number of hydrogen-bond acceptors (Lipinski definition) is 3. The van der Waals surface area contributed by atoms with Gasteiger partial charge in [0, 0.05) is 16.7 Å². The Labute approximate surface area is 120 Å². The molecule has 3 N–H and O–H groups in total. The molecule has 0 aromatic heterocycles. The topological polar surface area (TPSA) is 46.2 Å². The van der Waals surface area contributed by atoms with Crippen LogP contribution in [0.15, 0.2) is 29.2 Å². The van der Waals surface area contributed by atoms with Crippen LogP contribution in [0.3, 0.4) is 0 Å². The largest absolute Gasteiger partial charge is 0.392 e. The molecule has 106 valence electrons. The summed E-state index contributed by atoms with van der Waals surface area (Å²) in [7, 11) is 0. The molecule has 0 bridgehead atoms. The number of rotatable bonds is 6. The van der Waals surface area contributed by atoms with Gasteiger partial charge >= 0.3 is 0 Å². The molecule has 0 saturated heterocycles. The highest BCUT2D eigenvalue weighted by atomic mass is 32.2. The molecule has 1 saturated carbocycles. The second-order valence-corrected chi connectivity index (χ2v) is 6.80. The lowest BCUT2D eigenvalue weighted by molar-refractivity contribution is 0.166. The molecule has 0 radical (unpaired) electrons. The number of hydrogen-bond donors (Lipinski definition) is 2. The highest BCUT2D eigenvalue weighted by molar-refractivity contribution is 7.99. The number of aliphatic hydroxyl groups excluding tert-OH is 1. The molecule has 1 aromatic carbocycles. The van der Waals surface area contributed by atoms with E-state index in [1.807, 2.05) is 6.92 Å². The molecule has 19 heavy (non-hydrogen) atoms. The van der Waals surface area contributed by atoms with Crippen LogP contribution in [0.25, 0.3) is 0 Å². The molecule has 1 aliphatic carbocycles. The van der Waals surface area contributed by atoms with Crippen molar-refractivity contribution in [3.05, 3.63) is 29.8 Å². The van der Waals surface area contributed by atoms with Crippen LogP contribution in [0.1, 0.15) is 50.6 Å².